The van der Waals surface area contributed by atoms with Crippen LogP contribution in [0.2, 0.25) is 0 Å². The Balaban J connectivity index is 1.60. The number of rotatable bonds is 15. The van der Waals surface area contributed by atoms with E-state index in [1.54, 1.807) is 56.3 Å². The van der Waals surface area contributed by atoms with Crippen LogP contribution in [0, 0.1) is 17.2 Å². The van der Waals surface area contributed by atoms with Crippen LogP contribution in [-0.2, 0) is 33.7 Å². The minimum atomic E-state index is -4.29. The smallest absolute Gasteiger partial charge is 0.459 e. The number of aromatic nitrogens is 3. The molecule has 1 aliphatic rings. The van der Waals surface area contributed by atoms with E-state index in [0.717, 1.165) is 12.8 Å². The third-order valence-corrected chi connectivity index (χ3v) is 9.23. The molecule has 0 amide bonds. The lowest BCUT2D eigenvalue weighted by Crippen LogP contribution is -2.43. The fourth-order valence-corrected chi connectivity index (χ4v) is 6.53. The number of ether oxygens (including phenoxy) is 3. The van der Waals surface area contributed by atoms with Gasteiger partial charge in [-0.05, 0) is 51.0 Å². The van der Waals surface area contributed by atoms with Crippen LogP contribution in [0.4, 0.5) is 5.82 Å². The Morgan fingerprint density at radius 1 is 1.22 bits per heavy atom. The van der Waals surface area contributed by atoms with E-state index < -0.39 is 50.3 Å². The number of fused-ring (bicyclic) bond motifs is 1. The molecule has 1 aromatic carbocycles. The van der Waals surface area contributed by atoms with Gasteiger partial charge in [-0.2, -0.15) is 15.4 Å². The molecule has 0 spiro atoms. The largest absolute Gasteiger partial charge is 0.464 e. The highest BCUT2D eigenvalue weighted by molar-refractivity contribution is 7.52. The first-order chi connectivity index (χ1) is 21.5. The second-order valence-electron chi connectivity index (χ2n) is 11.1. The number of hydrogen-bond donors (Lipinski definition) is 3. The number of aliphatic hydroxyl groups is 1. The number of carbonyl (C=O) groups is 1. The summed E-state index contributed by atoms with van der Waals surface area (Å²) in [6, 6.07) is 12.5. The lowest BCUT2D eigenvalue weighted by Gasteiger charge is -2.26. The minimum absolute atomic E-state index is 0.171. The standard InChI is InChI=1S/C30H41N6O8P/c1-6-21(7-2)15-40-29(38)20(5)35-45(39,44-22-11-9-8-10-12-22)41-16-24-26(42-19(3)4)27(37)30(17-31,43-24)25-14-13-23-28(32)33-18-34-36(23)25/h8-14,18-21,24,26-27,37H,6-7,15-16H2,1-5H3,(H,35,39)(H2,32,33,34)/t20-,24+,26+,27+,30-,45?/m0/s1. The molecule has 0 bridgehead atoms. The van der Waals surface area contributed by atoms with Crippen molar-refractivity contribution in [2.45, 2.75) is 83.5 Å². The van der Waals surface area contributed by atoms with E-state index in [1.165, 1.54) is 17.8 Å². The molecule has 14 nitrogen and oxygen atoms in total. The van der Waals surface area contributed by atoms with Gasteiger partial charge < -0.3 is 29.6 Å². The van der Waals surface area contributed by atoms with Crippen LogP contribution in [0.5, 0.6) is 5.75 Å². The zero-order valence-corrected chi connectivity index (χ0v) is 26.9. The molecule has 45 heavy (non-hydrogen) atoms. The first-order valence-electron chi connectivity index (χ1n) is 14.9. The molecular formula is C30H41N6O8P. The highest BCUT2D eigenvalue weighted by Gasteiger charge is 2.59. The topological polar surface area (TPSA) is 193 Å². The average Bonchev–Trinajstić information content (AvgIpc) is 3.57. The summed E-state index contributed by atoms with van der Waals surface area (Å²) in [4.78, 5) is 16.8. The highest BCUT2D eigenvalue weighted by Crippen LogP contribution is 2.48. The molecule has 15 heteroatoms. The Bertz CT molecular complexity index is 1530. The summed E-state index contributed by atoms with van der Waals surface area (Å²) < 4.78 is 44.9. The SMILES string of the molecule is CCC(CC)COC(=O)[C@H](C)NP(=O)(OC[C@H]1O[C@@](C#N)(c2ccc3c(N)ncnn23)[C@H](O)[C@@H]1OC(C)C)Oc1ccccc1. The molecule has 4 N–H and O–H groups in total. The third kappa shape index (κ3) is 7.64. The predicted molar refractivity (Wildman–Crippen MR) is 164 cm³/mol. The molecule has 1 fully saturated rings. The summed E-state index contributed by atoms with van der Waals surface area (Å²) in [5, 5.41) is 28.8. The number of benzene rings is 1. The van der Waals surface area contributed by atoms with Gasteiger partial charge in [-0.15, -0.1) is 0 Å². The van der Waals surface area contributed by atoms with Crippen molar-refractivity contribution in [2.24, 2.45) is 5.92 Å². The first-order valence-corrected chi connectivity index (χ1v) is 16.5. The van der Waals surface area contributed by atoms with Gasteiger partial charge in [0.05, 0.1) is 25.0 Å². The van der Waals surface area contributed by atoms with Gasteiger partial charge in [0, 0.05) is 0 Å². The number of para-hydroxylation sites is 1. The molecule has 0 aliphatic carbocycles. The van der Waals surface area contributed by atoms with E-state index in [4.69, 9.17) is 29.0 Å². The molecule has 0 saturated carbocycles. The lowest BCUT2D eigenvalue weighted by atomic mass is 9.92. The fourth-order valence-electron chi connectivity index (χ4n) is 5.03. The Morgan fingerprint density at radius 3 is 2.58 bits per heavy atom. The quantitative estimate of drug-likeness (QED) is 0.160. The van der Waals surface area contributed by atoms with Crippen LogP contribution in [0.3, 0.4) is 0 Å². The number of anilines is 1. The molecule has 2 aromatic heterocycles. The highest BCUT2D eigenvalue weighted by atomic mass is 31.2. The van der Waals surface area contributed by atoms with E-state index in [2.05, 4.69) is 21.2 Å². The third-order valence-electron chi connectivity index (χ3n) is 7.59. The molecule has 244 valence electrons. The molecule has 3 heterocycles. The summed E-state index contributed by atoms with van der Waals surface area (Å²) in [5.41, 5.74) is 4.62. The molecule has 0 radical (unpaired) electrons. The number of esters is 1. The van der Waals surface area contributed by atoms with Crippen molar-refractivity contribution in [2.75, 3.05) is 18.9 Å². The fraction of sp³-hybridized carbons (Fsp3) is 0.533. The number of nitrogens with two attached hydrogens (primary N) is 1. The van der Waals surface area contributed by atoms with Gasteiger partial charge in [-0.25, -0.2) is 14.1 Å². The van der Waals surface area contributed by atoms with Crippen molar-refractivity contribution in [1.82, 2.24) is 19.7 Å². The van der Waals surface area contributed by atoms with Gasteiger partial charge in [0.2, 0.25) is 5.60 Å². The van der Waals surface area contributed by atoms with Gasteiger partial charge in [0.25, 0.3) is 0 Å². The molecule has 1 aliphatic heterocycles. The van der Waals surface area contributed by atoms with E-state index in [-0.39, 0.29) is 35.9 Å². The number of nitrogens with one attached hydrogen (secondary N) is 1. The Morgan fingerprint density at radius 2 is 1.93 bits per heavy atom. The Labute approximate surface area is 262 Å². The lowest BCUT2D eigenvalue weighted by molar-refractivity contribution is -0.146. The maximum absolute atomic E-state index is 14.2. The molecule has 4 rings (SSSR count). The van der Waals surface area contributed by atoms with Crippen molar-refractivity contribution >= 4 is 25.1 Å². The molecule has 1 saturated heterocycles. The van der Waals surface area contributed by atoms with Crippen LogP contribution >= 0.6 is 7.75 Å². The average molecular weight is 645 g/mol. The maximum atomic E-state index is 14.2. The number of aliphatic hydroxyl groups excluding tert-OH is 1. The van der Waals surface area contributed by atoms with Crippen molar-refractivity contribution in [3.8, 4) is 11.8 Å². The number of carbonyl (C=O) groups excluding carboxylic acids is 1. The second-order valence-corrected chi connectivity index (χ2v) is 12.8. The van der Waals surface area contributed by atoms with Gasteiger partial charge in [-0.1, -0.05) is 44.9 Å². The maximum Gasteiger partial charge on any atom is 0.459 e. The van der Waals surface area contributed by atoms with Crippen molar-refractivity contribution in [1.29, 1.82) is 5.26 Å². The van der Waals surface area contributed by atoms with Crippen molar-refractivity contribution < 1.29 is 37.7 Å². The van der Waals surface area contributed by atoms with Gasteiger partial charge in [0.1, 0.15) is 48.0 Å². The molecule has 6 atom stereocenters. The second kappa shape index (κ2) is 14.7. The number of hydrogen-bond acceptors (Lipinski definition) is 12. The normalized spacial score (nSPS) is 23.6. The van der Waals surface area contributed by atoms with Gasteiger partial charge in [0.15, 0.2) is 5.82 Å². The zero-order valence-electron chi connectivity index (χ0n) is 26.0. The monoisotopic (exact) mass is 644 g/mol. The summed E-state index contributed by atoms with van der Waals surface area (Å²) in [6.07, 6.45) is -1.20. The Hall–Kier alpha value is -3.57. The van der Waals surface area contributed by atoms with Crippen LogP contribution in [0.1, 0.15) is 53.2 Å². The van der Waals surface area contributed by atoms with E-state index in [1.807, 2.05) is 13.8 Å². The summed E-state index contributed by atoms with van der Waals surface area (Å²) >= 11 is 0. The number of nitriles is 1. The van der Waals surface area contributed by atoms with Crippen molar-refractivity contribution in [3.63, 3.8) is 0 Å². The van der Waals surface area contributed by atoms with Crippen LogP contribution < -0.4 is 15.3 Å². The number of nitrogen functional groups attached to an aromatic ring is 1. The molecule has 3 aromatic rings. The van der Waals surface area contributed by atoms with Gasteiger partial charge >= 0.3 is 13.7 Å². The Kier molecular flexibility index (Phi) is 11.2. The summed E-state index contributed by atoms with van der Waals surface area (Å²) in [6.45, 7) is 8.82. The van der Waals surface area contributed by atoms with Crippen molar-refractivity contribution in [3.05, 3.63) is 54.5 Å². The van der Waals surface area contributed by atoms with Crippen LogP contribution in [0.25, 0.3) is 5.52 Å². The predicted octanol–water partition coefficient (Wildman–Crippen LogP) is 3.74. The summed E-state index contributed by atoms with van der Waals surface area (Å²) in [7, 11) is -4.29. The van der Waals surface area contributed by atoms with Crippen LogP contribution in [0.15, 0.2) is 48.8 Å². The first kappa shape index (κ1) is 34.3. The van der Waals surface area contributed by atoms with E-state index in [9.17, 15) is 19.7 Å². The molecule has 1 unspecified atom stereocenters. The minimum Gasteiger partial charge on any atom is -0.464 e. The summed E-state index contributed by atoms with van der Waals surface area (Å²) in [5.74, 6) is -0.0312. The van der Waals surface area contributed by atoms with E-state index >= 15 is 0 Å². The number of nitrogens with zero attached hydrogens (tertiary/aromatic N) is 4. The molecular weight excluding hydrogens is 603 g/mol. The van der Waals surface area contributed by atoms with E-state index in [0.29, 0.717) is 5.52 Å². The zero-order chi connectivity index (χ0) is 32.8. The van der Waals surface area contributed by atoms with Gasteiger partial charge in [-0.3, -0.25) is 9.32 Å². The van der Waals surface area contributed by atoms with Crippen LogP contribution in [-0.4, -0.2) is 69.3 Å².